The second-order valence-electron chi connectivity index (χ2n) is 2.88. The highest BCUT2D eigenvalue weighted by Crippen LogP contribution is 2.14. The lowest BCUT2D eigenvalue weighted by atomic mass is 10.3. The van der Waals surface area contributed by atoms with Gasteiger partial charge in [-0.15, -0.1) is 0 Å². The first-order chi connectivity index (χ1) is 6.61. The minimum absolute atomic E-state index is 0.265. The van der Waals surface area contributed by atoms with E-state index in [0.717, 1.165) is 0 Å². The number of primary amides is 1. The van der Waals surface area contributed by atoms with E-state index in [1.807, 2.05) is 0 Å². The van der Waals surface area contributed by atoms with Crippen LogP contribution in [0.4, 0.5) is 5.95 Å². The van der Waals surface area contributed by atoms with Crippen molar-refractivity contribution in [3.8, 4) is 5.75 Å². The molecule has 1 aromatic heterocycles. The molecule has 0 radical (unpaired) electrons. The van der Waals surface area contributed by atoms with Gasteiger partial charge in [-0.25, -0.2) is 4.98 Å². The number of nitrogens with one attached hydrogen (secondary N) is 1. The Bertz CT molecular complexity index is 465. The number of nitrogens with zero attached hydrogens (tertiary/aromatic N) is 2. The molecule has 1 aliphatic rings. The van der Waals surface area contributed by atoms with Crippen molar-refractivity contribution in [1.29, 1.82) is 0 Å². The smallest absolute Gasteiger partial charge is 0.298 e. The van der Waals surface area contributed by atoms with Crippen molar-refractivity contribution in [3.05, 3.63) is 16.0 Å². The Morgan fingerprint density at radius 1 is 1.64 bits per heavy atom. The highest BCUT2D eigenvalue weighted by Gasteiger charge is 2.21. The number of aromatic nitrogens is 2. The fourth-order valence-corrected chi connectivity index (χ4v) is 1.34. The van der Waals surface area contributed by atoms with Crippen LogP contribution in [-0.4, -0.2) is 27.1 Å². The minimum Gasteiger partial charge on any atom is -0.501 e. The molecule has 1 aliphatic heterocycles. The molecular formula is C7H8N4O3. The molecule has 0 atom stereocenters. The van der Waals surface area contributed by atoms with Gasteiger partial charge in [-0.3, -0.25) is 14.2 Å². The summed E-state index contributed by atoms with van der Waals surface area (Å²) in [5, 5.41) is 12.1. The molecule has 0 saturated heterocycles. The average Bonchev–Trinajstić information content (AvgIpc) is 2.58. The molecule has 0 fully saturated rings. The number of fused-ring (bicyclic) bond motifs is 1. The maximum Gasteiger partial charge on any atom is 0.298 e. The van der Waals surface area contributed by atoms with Crippen LogP contribution in [0.3, 0.4) is 0 Å². The van der Waals surface area contributed by atoms with Gasteiger partial charge in [0.25, 0.3) is 11.5 Å². The molecule has 0 unspecified atom stereocenters. The van der Waals surface area contributed by atoms with E-state index in [4.69, 9.17) is 5.73 Å². The van der Waals surface area contributed by atoms with E-state index in [2.05, 4.69) is 10.3 Å². The maximum atomic E-state index is 11.4. The summed E-state index contributed by atoms with van der Waals surface area (Å²) in [5.74, 6) is -1.34. The van der Waals surface area contributed by atoms with Gasteiger partial charge < -0.3 is 16.2 Å². The predicted octanol–water partition coefficient (Wildman–Crippen LogP) is -1.53. The molecule has 74 valence electrons. The molecule has 0 spiro atoms. The number of nitrogens with two attached hydrogens (primary N) is 1. The molecule has 4 N–H and O–H groups in total. The van der Waals surface area contributed by atoms with Crippen molar-refractivity contribution in [2.45, 2.75) is 6.54 Å². The zero-order valence-electron chi connectivity index (χ0n) is 7.15. The predicted molar refractivity (Wildman–Crippen MR) is 47.2 cm³/mol. The molecule has 0 aromatic carbocycles. The standard InChI is InChI=1S/C7H8N4O3/c8-5(13)3-4(12)6(14)11-2-1-9-7(11)10-3/h12H,1-2H2,(H2,8,13)(H,9,10). The third kappa shape index (κ3) is 1.02. The molecule has 0 saturated carbocycles. The van der Waals surface area contributed by atoms with Gasteiger partial charge >= 0.3 is 0 Å². The molecule has 2 rings (SSSR count). The minimum atomic E-state index is -0.920. The highest BCUT2D eigenvalue weighted by atomic mass is 16.3. The first kappa shape index (κ1) is 8.54. The van der Waals surface area contributed by atoms with Crippen molar-refractivity contribution in [1.82, 2.24) is 9.55 Å². The first-order valence-electron chi connectivity index (χ1n) is 3.98. The van der Waals surface area contributed by atoms with E-state index in [0.29, 0.717) is 13.1 Å². The highest BCUT2D eigenvalue weighted by molar-refractivity contribution is 5.93. The van der Waals surface area contributed by atoms with E-state index in [1.54, 1.807) is 0 Å². The zero-order valence-corrected chi connectivity index (χ0v) is 7.15. The van der Waals surface area contributed by atoms with Crippen molar-refractivity contribution < 1.29 is 9.90 Å². The Labute approximate surface area is 78.2 Å². The van der Waals surface area contributed by atoms with Crippen LogP contribution in [-0.2, 0) is 6.54 Å². The van der Waals surface area contributed by atoms with Crippen LogP contribution >= 0.6 is 0 Å². The molecule has 0 bridgehead atoms. The van der Waals surface area contributed by atoms with Gasteiger partial charge in [-0.1, -0.05) is 0 Å². The zero-order chi connectivity index (χ0) is 10.3. The Kier molecular flexibility index (Phi) is 1.66. The van der Waals surface area contributed by atoms with Crippen molar-refractivity contribution in [2.75, 3.05) is 11.9 Å². The van der Waals surface area contributed by atoms with Crippen LogP contribution in [0.25, 0.3) is 0 Å². The van der Waals surface area contributed by atoms with E-state index in [9.17, 15) is 14.7 Å². The molecule has 7 heteroatoms. The number of amides is 1. The quantitative estimate of drug-likeness (QED) is 0.505. The molecule has 14 heavy (non-hydrogen) atoms. The lowest BCUT2D eigenvalue weighted by Gasteiger charge is -2.04. The summed E-state index contributed by atoms with van der Waals surface area (Å²) >= 11 is 0. The summed E-state index contributed by atoms with van der Waals surface area (Å²) in [6.07, 6.45) is 0. The van der Waals surface area contributed by atoms with Crippen LogP contribution in [0.5, 0.6) is 5.75 Å². The van der Waals surface area contributed by atoms with Gasteiger partial charge in [0.1, 0.15) is 0 Å². The van der Waals surface area contributed by atoms with Crippen LogP contribution in [0.1, 0.15) is 10.5 Å². The molecule has 2 heterocycles. The SMILES string of the molecule is NC(=O)c1nc2n(c(=O)c1O)CCN2. The fraction of sp³-hybridized carbons (Fsp3) is 0.286. The number of carbonyl (C=O) groups is 1. The van der Waals surface area contributed by atoms with Crippen molar-refractivity contribution in [3.63, 3.8) is 0 Å². The third-order valence-electron chi connectivity index (χ3n) is 2.00. The number of anilines is 1. The second kappa shape index (κ2) is 2.72. The largest absolute Gasteiger partial charge is 0.501 e. The summed E-state index contributed by atoms with van der Waals surface area (Å²) in [6, 6.07) is 0. The van der Waals surface area contributed by atoms with E-state index in [-0.39, 0.29) is 5.95 Å². The van der Waals surface area contributed by atoms with Gasteiger partial charge in [0.2, 0.25) is 11.7 Å². The Morgan fingerprint density at radius 3 is 3.00 bits per heavy atom. The Hall–Kier alpha value is -2.05. The topological polar surface area (TPSA) is 110 Å². The maximum absolute atomic E-state index is 11.4. The molecule has 0 aliphatic carbocycles. The van der Waals surface area contributed by atoms with Crippen LogP contribution in [0.15, 0.2) is 4.79 Å². The second-order valence-corrected chi connectivity index (χ2v) is 2.88. The van der Waals surface area contributed by atoms with Gasteiger partial charge in [-0.05, 0) is 0 Å². The van der Waals surface area contributed by atoms with E-state index < -0.39 is 22.9 Å². The molecule has 1 amide bonds. The monoisotopic (exact) mass is 196 g/mol. The van der Waals surface area contributed by atoms with Crippen LogP contribution < -0.4 is 16.6 Å². The molecule has 7 nitrogen and oxygen atoms in total. The Balaban J connectivity index is 2.73. The molecular weight excluding hydrogens is 188 g/mol. The van der Waals surface area contributed by atoms with Crippen LogP contribution in [0.2, 0.25) is 0 Å². The van der Waals surface area contributed by atoms with E-state index >= 15 is 0 Å². The van der Waals surface area contributed by atoms with Gasteiger partial charge in [0.05, 0.1) is 0 Å². The number of rotatable bonds is 1. The molecule has 1 aromatic rings. The first-order valence-corrected chi connectivity index (χ1v) is 3.98. The number of hydrogen-bond acceptors (Lipinski definition) is 5. The third-order valence-corrected chi connectivity index (χ3v) is 2.00. The van der Waals surface area contributed by atoms with Gasteiger partial charge in [-0.2, -0.15) is 0 Å². The summed E-state index contributed by atoms with van der Waals surface area (Å²) in [4.78, 5) is 25.9. The van der Waals surface area contributed by atoms with E-state index in [1.165, 1.54) is 4.57 Å². The number of carbonyl (C=O) groups excluding carboxylic acids is 1. The van der Waals surface area contributed by atoms with Crippen molar-refractivity contribution >= 4 is 11.9 Å². The summed E-state index contributed by atoms with van der Waals surface area (Å²) in [7, 11) is 0. The summed E-state index contributed by atoms with van der Waals surface area (Å²) < 4.78 is 1.25. The number of aromatic hydroxyl groups is 1. The van der Waals surface area contributed by atoms with Gasteiger partial charge in [0.15, 0.2) is 5.69 Å². The summed E-state index contributed by atoms with van der Waals surface area (Å²) in [5.41, 5.74) is 3.90. The number of hydrogen-bond donors (Lipinski definition) is 3. The van der Waals surface area contributed by atoms with Crippen molar-refractivity contribution in [2.24, 2.45) is 5.73 Å². The fourth-order valence-electron chi connectivity index (χ4n) is 1.34. The lowest BCUT2D eigenvalue weighted by Crippen LogP contribution is -2.24. The van der Waals surface area contributed by atoms with Gasteiger partial charge in [0, 0.05) is 13.1 Å². The lowest BCUT2D eigenvalue weighted by molar-refractivity contribution is 0.0992. The normalized spacial score (nSPS) is 13.4. The van der Waals surface area contributed by atoms with Crippen LogP contribution in [0, 0.1) is 0 Å². The average molecular weight is 196 g/mol. The summed E-state index contributed by atoms with van der Waals surface area (Å²) in [6.45, 7) is 0.970. The Morgan fingerprint density at radius 2 is 2.36 bits per heavy atom.